The Labute approximate surface area is 237 Å². The van der Waals surface area contributed by atoms with E-state index in [0.717, 1.165) is 68.6 Å². The quantitative estimate of drug-likeness (QED) is 0.340. The fraction of sp³-hybridized carbons (Fsp3) is 0.448. The van der Waals surface area contributed by atoms with E-state index in [4.69, 9.17) is 14.6 Å². The molecule has 6 heterocycles. The SMILES string of the molecule is COc1cnn2cc(-c3nn4c(c3C)CN(C3CCN(C#N)CC3)CC4)cc(OCC(C)(O)c3ccc(F)cn3)c12. The van der Waals surface area contributed by atoms with E-state index in [1.54, 1.807) is 24.7 Å². The molecule has 11 nitrogen and oxygen atoms in total. The molecule has 4 aromatic heterocycles. The number of ether oxygens (including phenoxy) is 2. The van der Waals surface area contributed by atoms with Crippen molar-refractivity contribution in [1.82, 2.24) is 34.2 Å². The van der Waals surface area contributed by atoms with Crippen molar-refractivity contribution in [3.63, 3.8) is 0 Å². The molecule has 0 amide bonds. The van der Waals surface area contributed by atoms with Gasteiger partial charge in [-0.15, -0.1) is 0 Å². The number of nitriles is 1. The van der Waals surface area contributed by atoms with E-state index in [1.807, 2.05) is 17.2 Å². The van der Waals surface area contributed by atoms with Crippen LogP contribution in [0.3, 0.4) is 0 Å². The van der Waals surface area contributed by atoms with Crippen molar-refractivity contribution in [2.24, 2.45) is 0 Å². The number of methoxy groups -OCH3 is 1. The Morgan fingerprint density at radius 1 is 1.17 bits per heavy atom. The Bertz CT molecular complexity index is 1600. The normalized spacial score (nSPS) is 17.7. The van der Waals surface area contributed by atoms with E-state index in [0.29, 0.717) is 28.8 Å². The average molecular weight is 561 g/mol. The van der Waals surface area contributed by atoms with Crippen LogP contribution in [-0.2, 0) is 18.7 Å². The first kappa shape index (κ1) is 27.0. The van der Waals surface area contributed by atoms with Crippen LogP contribution in [0.15, 0.2) is 36.8 Å². The Kier molecular flexibility index (Phi) is 7.01. The second kappa shape index (κ2) is 10.6. The van der Waals surface area contributed by atoms with E-state index >= 15 is 0 Å². The lowest BCUT2D eigenvalue weighted by Crippen LogP contribution is -2.46. The highest BCUT2D eigenvalue weighted by Crippen LogP contribution is 2.36. The molecule has 0 radical (unpaired) electrons. The van der Waals surface area contributed by atoms with Crippen LogP contribution in [0.25, 0.3) is 16.8 Å². The van der Waals surface area contributed by atoms with Crippen molar-refractivity contribution < 1.29 is 19.0 Å². The first-order chi connectivity index (χ1) is 19.8. The summed E-state index contributed by atoms with van der Waals surface area (Å²) in [6.45, 7) is 7.68. The van der Waals surface area contributed by atoms with Gasteiger partial charge in [0.05, 0.1) is 43.1 Å². The zero-order valence-electron chi connectivity index (χ0n) is 23.4. The minimum absolute atomic E-state index is 0.128. The van der Waals surface area contributed by atoms with E-state index in [2.05, 4.69) is 32.8 Å². The number of halogens is 1. The van der Waals surface area contributed by atoms with Crippen molar-refractivity contribution >= 4 is 5.52 Å². The average Bonchev–Trinajstić information content (AvgIpc) is 3.56. The summed E-state index contributed by atoms with van der Waals surface area (Å²) >= 11 is 0. The molecule has 1 saturated heterocycles. The van der Waals surface area contributed by atoms with E-state index in [9.17, 15) is 14.8 Å². The second-order valence-corrected chi connectivity index (χ2v) is 11.0. The molecular weight excluding hydrogens is 527 g/mol. The molecule has 0 spiro atoms. The molecule has 1 fully saturated rings. The molecule has 6 rings (SSSR count). The zero-order valence-corrected chi connectivity index (χ0v) is 23.4. The van der Waals surface area contributed by atoms with E-state index in [1.165, 1.54) is 17.8 Å². The molecule has 41 heavy (non-hydrogen) atoms. The maximum absolute atomic E-state index is 13.4. The van der Waals surface area contributed by atoms with Gasteiger partial charge in [0.1, 0.15) is 23.8 Å². The summed E-state index contributed by atoms with van der Waals surface area (Å²) in [6, 6.07) is 5.06. The molecule has 0 saturated carbocycles. The fourth-order valence-corrected chi connectivity index (χ4v) is 5.82. The highest BCUT2D eigenvalue weighted by atomic mass is 19.1. The molecule has 2 aliphatic rings. The van der Waals surface area contributed by atoms with Gasteiger partial charge in [0.2, 0.25) is 0 Å². The predicted octanol–water partition coefficient (Wildman–Crippen LogP) is 3.10. The Balaban J connectivity index is 1.29. The van der Waals surface area contributed by atoms with E-state index in [-0.39, 0.29) is 6.61 Å². The Morgan fingerprint density at radius 2 is 1.98 bits per heavy atom. The Morgan fingerprint density at radius 3 is 2.68 bits per heavy atom. The molecule has 1 atom stereocenters. The number of hydrogen-bond acceptors (Lipinski definition) is 9. The standard InChI is InChI=1S/C29H33FN8O3/c1-19-23-16-36(22-6-8-35(18-31)9-7-22)10-11-37(23)34-27(19)20-12-24(28-25(40-3)14-33-38(28)15-20)41-17-29(2,39)26-5-4-21(30)13-32-26/h4-5,12-15,22,39H,6-11,16-17H2,1-3H3. The smallest absolute Gasteiger partial charge is 0.179 e. The molecule has 1 unspecified atom stereocenters. The van der Waals surface area contributed by atoms with Crippen LogP contribution in [0.5, 0.6) is 11.5 Å². The third kappa shape index (κ3) is 5.07. The molecule has 1 N–H and O–H groups in total. The summed E-state index contributed by atoms with van der Waals surface area (Å²) in [7, 11) is 1.57. The second-order valence-electron chi connectivity index (χ2n) is 11.0. The predicted molar refractivity (Wildman–Crippen MR) is 148 cm³/mol. The lowest BCUT2D eigenvalue weighted by Gasteiger charge is -2.39. The van der Waals surface area contributed by atoms with Gasteiger partial charge in [0, 0.05) is 44.0 Å². The van der Waals surface area contributed by atoms with Gasteiger partial charge in [-0.2, -0.15) is 15.5 Å². The van der Waals surface area contributed by atoms with Gasteiger partial charge in [-0.3, -0.25) is 14.6 Å². The van der Waals surface area contributed by atoms with Crippen LogP contribution in [-0.4, -0.2) is 78.7 Å². The Hall–Kier alpha value is -4.21. The van der Waals surface area contributed by atoms with Crippen LogP contribution in [0.4, 0.5) is 4.39 Å². The zero-order chi connectivity index (χ0) is 28.7. The summed E-state index contributed by atoms with van der Waals surface area (Å²) in [6.07, 6.45) is 8.84. The van der Waals surface area contributed by atoms with Crippen molar-refractivity contribution in [1.29, 1.82) is 5.26 Å². The van der Waals surface area contributed by atoms with Crippen LogP contribution in [0.2, 0.25) is 0 Å². The van der Waals surface area contributed by atoms with Crippen molar-refractivity contribution in [2.75, 3.05) is 33.4 Å². The summed E-state index contributed by atoms with van der Waals surface area (Å²) in [5.74, 6) is 0.523. The minimum atomic E-state index is -1.47. The van der Waals surface area contributed by atoms with Crippen LogP contribution < -0.4 is 9.47 Å². The van der Waals surface area contributed by atoms with Gasteiger partial charge in [0.15, 0.2) is 17.5 Å². The summed E-state index contributed by atoms with van der Waals surface area (Å²) < 4.78 is 28.9. The number of rotatable bonds is 7. The molecule has 2 aliphatic heterocycles. The number of likely N-dealkylation sites (tertiary alicyclic amines) is 1. The summed E-state index contributed by atoms with van der Waals surface area (Å²) in [5.41, 5.74) is 3.39. The van der Waals surface area contributed by atoms with Gasteiger partial charge in [-0.05, 0) is 50.5 Å². The summed E-state index contributed by atoms with van der Waals surface area (Å²) in [5, 5.41) is 29.7. The van der Waals surface area contributed by atoms with Crippen molar-refractivity contribution in [3.05, 3.63) is 59.6 Å². The van der Waals surface area contributed by atoms with Gasteiger partial charge in [-0.1, -0.05) is 0 Å². The topological polar surface area (TPSA) is 117 Å². The lowest BCUT2D eigenvalue weighted by molar-refractivity contribution is 0.00417. The molecule has 0 aromatic carbocycles. The largest absolute Gasteiger partial charge is 0.493 e. The third-order valence-corrected chi connectivity index (χ3v) is 8.22. The van der Waals surface area contributed by atoms with Gasteiger partial charge < -0.3 is 19.5 Å². The number of hydrogen-bond donors (Lipinski definition) is 1. The monoisotopic (exact) mass is 560 g/mol. The molecule has 214 valence electrons. The molecule has 4 aromatic rings. The first-order valence-electron chi connectivity index (χ1n) is 13.8. The van der Waals surface area contributed by atoms with Crippen LogP contribution in [0, 0.1) is 24.2 Å². The highest BCUT2D eigenvalue weighted by Gasteiger charge is 2.31. The molecular formula is C29H33FN8O3. The highest BCUT2D eigenvalue weighted by molar-refractivity contribution is 5.75. The molecule has 0 bridgehead atoms. The molecule has 12 heteroatoms. The van der Waals surface area contributed by atoms with Gasteiger partial charge in [-0.25, -0.2) is 8.91 Å². The van der Waals surface area contributed by atoms with Crippen molar-refractivity contribution in [3.8, 4) is 28.9 Å². The minimum Gasteiger partial charge on any atom is -0.493 e. The number of aromatic nitrogens is 5. The lowest BCUT2D eigenvalue weighted by atomic mass is 10.0. The number of pyridine rings is 2. The number of nitrogens with zero attached hydrogens (tertiary/aromatic N) is 8. The maximum Gasteiger partial charge on any atom is 0.179 e. The summed E-state index contributed by atoms with van der Waals surface area (Å²) in [4.78, 5) is 8.38. The third-order valence-electron chi connectivity index (χ3n) is 8.22. The van der Waals surface area contributed by atoms with Crippen LogP contribution >= 0.6 is 0 Å². The van der Waals surface area contributed by atoms with Gasteiger partial charge in [0.25, 0.3) is 0 Å². The number of piperidine rings is 1. The van der Waals surface area contributed by atoms with Gasteiger partial charge >= 0.3 is 0 Å². The first-order valence-corrected chi connectivity index (χ1v) is 13.8. The van der Waals surface area contributed by atoms with Crippen LogP contribution in [0.1, 0.15) is 36.7 Å². The maximum atomic E-state index is 13.4. The number of aliphatic hydroxyl groups is 1. The fourth-order valence-electron chi connectivity index (χ4n) is 5.82. The number of fused-ring (bicyclic) bond motifs is 2. The van der Waals surface area contributed by atoms with Crippen molar-refractivity contribution in [2.45, 2.75) is 51.4 Å². The van der Waals surface area contributed by atoms with E-state index < -0.39 is 11.4 Å². The molecule has 0 aliphatic carbocycles.